The quantitative estimate of drug-likeness (QED) is 0.414. The highest BCUT2D eigenvalue weighted by Crippen LogP contribution is 2.33. The number of amides is 1. The fourth-order valence-corrected chi connectivity index (χ4v) is 2.72. The zero-order valence-corrected chi connectivity index (χ0v) is 16.3. The van der Waals surface area contributed by atoms with Crippen molar-refractivity contribution in [1.29, 1.82) is 0 Å². The van der Waals surface area contributed by atoms with Crippen molar-refractivity contribution in [2.75, 3.05) is 5.32 Å². The third-order valence-corrected chi connectivity index (χ3v) is 4.56. The summed E-state index contributed by atoms with van der Waals surface area (Å²) in [5, 5.41) is 5.06. The van der Waals surface area contributed by atoms with E-state index in [9.17, 15) is 22.4 Å². The van der Waals surface area contributed by atoms with E-state index in [-0.39, 0.29) is 22.3 Å². The number of hydrogen-bond acceptors (Lipinski definition) is 5. The molecular weight excluding hydrogens is 449 g/mol. The van der Waals surface area contributed by atoms with E-state index < -0.39 is 35.2 Å². The largest absolute Gasteiger partial charge is 0.434 e. The molecule has 1 aromatic carbocycles. The van der Waals surface area contributed by atoms with Gasteiger partial charge in [0.1, 0.15) is 0 Å². The van der Waals surface area contributed by atoms with E-state index >= 15 is 0 Å². The van der Waals surface area contributed by atoms with E-state index in [4.69, 9.17) is 23.2 Å². The number of aromatic nitrogens is 3. The van der Waals surface area contributed by atoms with Crippen LogP contribution in [0, 0.1) is 5.95 Å². The number of carbonyl (C=O) groups excluding carboxylic acids is 1. The Morgan fingerprint density at radius 2 is 1.90 bits per heavy atom. The third kappa shape index (κ3) is 5.14. The van der Waals surface area contributed by atoms with E-state index in [0.717, 1.165) is 12.3 Å². The molecule has 0 aliphatic carbocycles. The van der Waals surface area contributed by atoms with E-state index in [1.54, 1.807) is 0 Å². The van der Waals surface area contributed by atoms with Gasteiger partial charge in [-0.2, -0.15) is 17.6 Å². The van der Waals surface area contributed by atoms with Crippen LogP contribution in [0.3, 0.4) is 0 Å². The van der Waals surface area contributed by atoms with Gasteiger partial charge < -0.3 is 10.6 Å². The summed E-state index contributed by atoms with van der Waals surface area (Å²) >= 11 is 11.9. The Kier molecular flexibility index (Phi) is 6.37. The Morgan fingerprint density at radius 3 is 2.60 bits per heavy atom. The predicted molar refractivity (Wildman–Crippen MR) is 102 cm³/mol. The molecule has 2 heterocycles. The second-order valence-corrected chi connectivity index (χ2v) is 6.63. The zero-order chi connectivity index (χ0) is 21.9. The standard InChI is InChI=1S/C18H11Cl2F4N5O/c19-11-2-1-3-12(14(11)20)28-17-27-8-10(15(29-17)18(22,23)24)16(30)26-7-9-4-5-25-13(21)6-9/h1-6,8H,7H2,(H,26,30)(H,27,28,29). The van der Waals surface area contributed by atoms with Crippen LogP contribution in [0.15, 0.2) is 42.7 Å². The highest BCUT2D eigenvalue weighted by molar-refractivity contribution is 6.43. The topological polar surface area (TPSA) is 79.8 Å². The summed E-state index contributed by atoms with van der Waals surface area (Å²) in [6, 6.07) is 6.96. The number of benzene rings is 1. The molecule has 0 saturated heterocycles. The molecule has 0 radical (unpaired) electrons. The van der Waals surface area contributed by atoms with Gasteiger partial charge in [-0.25, -0.2) is 15.0 Å². The summed E-state index contributed by atoms with van der Waals surface area (Å²) in [5.74, 6) is -2.29. The van der Waals surface area contributed by atoms with Crippen LogP contribution < -0.4 is 10.6 Å². The van der Waals surface area contributed by atoms with Crippen molar-refractivity contribution in [2.45, 2.75) is 12.7 Å². The molecule has 0 spiro atoms. The number of alkyl halides is 3. The monoisotopic (exact) mass is 459 g/mol. The Labute approximate surface area is 177 Å². The maximum atomic E-state index is 13.5. The first-order valence-corrected chi connectivity index (χ1v) is 8.94. The molecule has 3 aromatic rings. The number of hydrogen-bond donors (Lipinski definition) is 2. The summed E-state index contributed by atoms with van der Waals surface area (Å²) < 4.78 is 53.5. The molecule has 6 nitrogen and oxygen atoms in total. The van der Waals surface area contributed by atoms with Gasteiger partial charge in [-0.15, -0.1) is 0 Å². The number of halogens is 6. The molecule has 2 N–H and O–H groups in total. The number of nitrogens with zero attached hydrogens (tertiary/aromatic N) is 3. The third-order valence-electron chi connectivity index (χ3n) is 3.74. The van der Waals surface area contributed by atoms with Crippen molar-refractivity contribution in [3.8, 4) is 0 Å². The van der Waals surface area contributed by atoms with Gasteiger partial charge in [0, 0.05) is 18.9 Å². The van der Waals surface area contributed by atoms with Gasteiger partial charge in [0.15, 0.2) is 5.69 Å². The Hall–Kier alpha value is -2.98. The molecule has 12 heteroatoms. The number of carbonyl (C=O) groups is 1. The van der Waals surface area contributed by atoms with E-state index in [1.807, 2.05) is 0 Å². The van der Waals surface area contributed by atoms with Gasteiger partial charge in [-0.05, 0) is 29.8 Å². The molecule has 0 bridgehead atoms. The first-order chi connectivity index (χ1) is 14.1. The lowest BCUT2D eigenvalue weighted by atomic mass is 10.2. The van der Waals surface area contributed by atoms with Crippen molar-refractivity contribution in [3.05, 3.63) is 75.5 Å². The molecule has 0 aliphatic heterocycles. The molecule has 0 saturated carbocycles. The molecule has 30 heavy (non-hydrogen) atoms. The van der Waals surface area contributed by atoms with Crippen molar-refractivity contribution in [1.82, 2.24) is 20.3 Å². The second kappa shape index (κ2) is 8.80. The van der Waals surface area contributed by atoms with Gasteiger partial charge in [-0.1, -0.05) is 29.3 Å². The number of anilines is 2. The Morgan fingerprint density at radius 1 is 1.13 bits per heavy atom. The SMILES string of the molecule is O=C(NCc1ccnc(F)c1)c1cnc(Nc2cccc(Cl)c2Cl)nc1C(F)(F)F. The van der Waals surface area contributed by atoms with E-state index in [2.05, 4.69) is 25.6 Å². The lowest BCUT2D eigenvalue weighted by molar-refractivity contribution is -0.141. The number of rotatable bonds is 5. The van der Waals surface area contributed by atoms with Crippen molar-refractivity contribution >= 4 is 40.7 Å². The lowest BCUT2D eigenvalue weighted by Gasteiger charge is -2.14. The van der Waals surface area contributed by atoms with Crippen molar-refractivity contribution < 1.29 is 22.4 Å². The maximum Gasteiger partial charge on any atom is 0.434 e. The van der Waals surface area contributed by atoms with Crippen LogP contribution in [-0.4, -0.2) is 20.9 Å². The minimum absolute atomic E-state index is 0.0720. The average molecular weight is 460 g/mol. The van der Waals surface area contributed by atoms with Crippen LogP contribution in [0.4, 0.5) is 29.2 Å². The highest BCUT2D eigenvalue weighted by Gasteiger charge is 2.38. The summed E-state index contributed by atoms with van der Waals surface area (Å²) in [5.41, 5.74) is -1.73. The van der Waals surface area contributed by atoms with Crippen LogP contribution in [0.25, 0.3) is 0 Å². The highest BCUT2D eigenvalue weighted by atomic mass is 35.5. The van der Waals surface area contributed by atoms with Crippen LogP contribution >= 0.6 is 23.2 Å². The average Bonchev–Trinajstić information content (AvgIpc) is 2.69. The molecule has 2 aromatic heterocycles. The van der Waals surface area contributed by atoms with E-state index in [1.165, 1.54) is 30.5 Å². The van der Waals surface area contributed by atoms with Crippen molar-refractivity contribution in [3.63, 3.8) is 0 Å². The molecule has 0 atom stereocenters. The summed E-state index contributed by atoms with van der Waals surface area (Å²) in [6.45, 7) is -0.215. The minimum atomic E-state index is -4.94. The lowest BCUT2D eigenvalue weighted by Crippen LogP contribution is -2.27. The van der Waals surface area contributed by atoms with Gasteiger partial charge in [0.2, 0.25) is 11.9 Å². The smallest absolute Gasteiger partial charge is 0.348 e. The zero-order valence-electron chi connectivity index (χ0n) is 14.8. The van der Waals surface area contributed by atoms with Gasteiger partial charge in [-0.3, -0.25) is 4.79 Å². The van der Waals surface area contributed by atoms with Gasteiger partial charge >= 0.3 is 6.18 Å². The van der Waals surface area contributed by atoms with Crippen LogP contribution in [0.5, 0.6) is 0 Å². The first-order valence-electron chi connectivity index (χ1n) is 8.19. The fourth-order valence-electron chi connectivity index (χ4n) is 2.38. The number of pyridine rings is 1. The number of nitrogens with one attached hydrogen (secondary N) is 2. The van der Waals surface area contributed by atoms with Crippen molar-refractivity contribution in [2.24, 2.45) is 0 Å². The van der Waals surface area contributed by atoms with Gasteiger partial charge in [0.05, 0.1) is 21.3 Å². The van der Waals surface area contributed by atoms with Gasteiger partial charge in [0.25, 0.3) is 5.91 Å². The Balaban J connectivity index is 1.85. The molecule has 1 amide bonds. The summed E-state index contributed by atoms with van der Waals surface area (Å²) in [4.78, 5) is 22.8. The fraction of sp³-hybridized carbons (Fsp3) is 0.111. The van der Waals surface area contributed by atoms with Crippen LogP contribution in [0.2, 0.25) is 10.0 Å². The summed E-state index contributed by atoms with van der Waals surface area (Å²) in [7, 11) is 0. The summed E-state index contributed by atoms with van der Waals surface area (Å²) in [6.07, 6.45) is -3.03. The minimum Gasteiger partial charge on any atom is -0.348 e. The van der Waals surface area contributed by atoms with Crippen LogP contribution in [-0.2, 0) is 12.7 Å². The second-order valence-electron chi connectivity index (χ2n) is 5.85. The molecule has 3 rings (SSSR count). The van der Waals surface area contributed by atoms with Crippen LogP contribution in [0.1, 0.15) is 21.6 Å². The molecule has 0 fully saturated rings. The predicted octanol–water partition coefficient (Wildman–Crippen LogP) is 5.01. The maximum absolute atomic E-state index is 13.5. The molecular formula is C18H11Cl2F4N5O. The van der Waals surface area contributed by atoms with E-state index in [0.29, 0.717) is 5.56 Å². The molecule has 0 aliphatic rings. The molecule has 156 valence electrons. The normalized spacial score (nSPS) is 11.3. The Bertz CT molecular complexity index is 1090. The molecule has 0 unspecified atom stereocenters. The first kappa shape index (κ1) is 21.7.